The minimum Gasteiger partial charge on any atom is -0.491 e. The van der Waals surface area contributed by atoms with Crippen molar-refractivity contribution in [3.63, 3.8) is 0 Å². The molecule has 1 atom stereocenters. The number of carbonyl (C=O) groups is 2. The molecule has 2 aromatic rings. The van der Waals surface area contributed by atoms with Gasteiger partial charge in [0.15, 0.2) is 6.61 Å². The Labute approximate surface area is 160 Å². The lowest BCUT2D eigenvalue weighted by Gasteiger charge is -2.11. The van der Waals surface area contributed by atoms with E-state index in [1.807, 2.05) is 6.07 Å². The first-order chi connectivity index (χ1) is 13.2. The van der Waals surface area contributed by atoms with Crippen molar-refractivity contribution < 1.29 is 23.8 Å². The summed E-state index contributed by atoms with van der Waals surface area (Å²) in [5.41, 5.74) is 0.694. The second-order valence-electron chi connectivity index (χ2n) is 5.87. The van der Waals surface area contributed by atoms with Crippen molar-refractivity contribution in [1.82, 2.24) is 0 Å². The molecule has 1 fully saturated rings. The highest BCUT2D eigenvalue weighted by atomic mass is 32.1. The number of esters is 1. The maximum absolute atomic E-state index is 12.0. The molecule has 1 aromatic carbocycles. The molecular weight excluding hydrogens is 368 g/mol. The van der Waals surface area contributed by atoms with Gasteiger partial charge in [-0.25, -0.2) is 4.79 Å². The molecule has 2 heterocycles. The van der Waals surface area contributed by atoms with Crippen LogP contribution in [0.25, 0.3) is 0 Å². The molecular formula is C19H18N2O5S. The minimum atomic E-state index is -0.609. The maximum atomic E-state index is 12.0. The zero-order valence-electron chi connectivity index (χ0n) is 14.5. The molecule has 1 N–H and O–H groups in total. The fourth-order valence-corrected chi connectivity index (χ4v) is 3.28. The predicted molar refractivity (Wildman–Crippen MR) is 98.9 cm³/mol. The van der Waals surface area contributed by atoms with Gasteiger partial charge in [0, 0.05) is 6.61 Å². The molecule has 1 aliphatic heterocycles. The van der Waals surface area contributed by atoms with E-state index in [2.05, 4.69) is 5.32 Å². The van der Waals surface area contributed by atoms with Crippen molar-refractivity contribution in [3.8, 4) is 11.8 Å². The Morgan fingerprint density at radius 1 is 1.30 bits per heavy atom. The third-order valence-corrected chi connectivity index (χ3v) is 4.75. The summed E-state index contributed by atoms with van der Waals surface area (Å²) in [5.74, 6) is -0.470. The summed E-state index contributed by atoms with van der Waals surface area (Å²) in [7, 11) is 0. The first-order valence-electron chi connectivity index (χ1n) is 8.45. The lowest BCUT2D eigenvalue weighted by molar-refractivity contribution is -0.119. The highest BCUT2D eigenvalue weighted by Gasteiger charge is 2.16. The maximum Gasteiger partial charge on any atom is 0.338 e. The number of nitriles is 1. The van der Waals surface area contributed by atoms with E-state index in [1.165, 1.54) is 11.3 Å². The average molecular weight is 386 g/mol. The molecule has 0 spiro atoms. The molecule has 1 saturated heterocycles. The number of nitrogens with zero attached hydrogens (tertiary/aromatic N) is 1. The van der Waals surface area contributed by atoms with Gasteiger partial charge in [0.05, 0.1) is 17.2 Å². The zero-order valence-corrected chi connectivity index (χ0v) is 15.3. The van der Waals surface area contributed by atoms with Crippen LogP contribution in [0, 0.1) is 11.3 Å². The summed E-state index contributed by atoms with van der Waals surface area (Å²) < 4.78 is 16.1. The van der Waals surface area contributed by atoms with Gasteiger partial charge in [-0.05, 0) is 48.6 Å². The van der Waals surface area contributed by atoms with Crippen molar-refractivity contribution in [1.29, 1.82) is 5.26 Å². The summed E-state index contributed by atoms with van der Waals surface area (Å²) in [5, 5.41) is 13.6. The SMILES string of the molecule is N#Cc1ccsc1NC(=O)COC(=O)c1ccc(OC[C@H]2CCCO2)cc1. The summed E-state index contributed by atoms with van der Waals surface area (Å²) in [6.45, 7) is 0.826. The Kier molecular flexibility index (Phi) is 6.41. The van der Waals surface area contributed by atoms with Crippen LogP contribution in [0.5, 0.6) is 5.75 Å². The van der Waals surface area contributed by atoms with E-state index in [0.29, 0.717) is 28.5 Å². The Bertz CT molecular complexity index is 835. The first-order valence-corrected chi connectivity index (χ1v) is 9.32. The zero-order chi connectivity index (χ0) is 19.1. The number of amides is 1. The number of rotatable bonds is 7. The Morgan fingerprint density at radius 3 is 2.81 bits per heavy atom. The fourth-order valence-electron chi connectivity index (χ4n) is 2.52. The number of hydrogen-bond acceptors (Lipinski definition) is 7. The lowest BCUT2D eigenvalue weighted by atomic mass is 10.2. The van der Waals surface area contributed by atoms with Crippen LogP contribution in [0.15, 0.2) is 35.7 Å². The van der Waals surface area contributed by atoms with Gasteiger partial charge in [-0.3, -0.25) is 4.79 Å². The summed E-state index contributed by atoms with van der Waals surface area (Å²) in [6, 6.07) is 10.1. The van der Waals surface area contributed by atoms with Gasteiger partial charge in [-0.1, -0.05) is 0 Å². The Morgan fingerprint density at radius 2 is 2.11 bits per heavy atom. The molecule has 1 aromatic heterocycles. The topological polar surface area (TPSA) is 97.7 Å². The standard InChI is InChI=1S/C19H18N2O5S/c20-10-14-7-9-27-18(14)21-17(22)12-26-19(23)13-3-5-15(6-4-13)25-11-16-2-1-8-24-16/h3-7,9,16H,1-2,8,11-12H2,(H,21,22)/t16-/m1/s1. The van der Waals surface area contributed by atoms with Gasteiger partial charge in [0.1, 0.15) is 23.4 Å². The van der Waals surface area contributed by atoms with Crippen molar-refractivity contribution in [3.05, 3.63) is 46.8 Å². The second-order valence-corrected chi connectivity index (χ2v) is 6.79. The number of thiophene rings is 1. The van der Waals surface area contributed by atoms with E-state index < -0.39 is 18.5 Å². The lowest BCUT2D eigenvalue weighted by Crippen LogP contribution is -2.20. The van der Waals surface area contributed by atoms with Crippen LogP contribution in [-0.4, -0.2) is 37.8 Å². The van der Waals surface area contributed by atoms with Crippen LogP contribution < -0.4 is 10.1 Å². The molecule has 0 bridgehead atoms. The van der Waals surface area contributed by atoms with Gasteiger partial charge in [-0.15, -0.1) is 11.3 Å². The number of anilines is 1. The van der Waals surface area contributed by atoms with E-state index in [9.17, 15) is 9.59 Å². The van der Waals surface area contributed by atoms with Crippen molar-refractivity contribution in [2.45, 2.75) is 18.9 Å². The van der Waals surface area contributed by atoms with Crippen molar-refractivity contribution in [2.75, 3.05) is 25.1 Å². The van der Waals surface area contributed by atoms with Gasteiger partial charge < -0.3 is 19.5 Å². The number of hydrogen-bond donors (Lipinski definition) is 1. The molecule has 1 amide bonds. The van der Waals surface area contributed by atoms with Gasteiger partial charge in [-0.2, -0.15) is 5.26 Å². The summed E-state index contributed by atoms with van der Waals surface area (Å²) in [6.07, 6.45) is 2.17. The molecule has 7 nitrogen and oxygen atoms in total. The van der Waals surface area contributed by atoms with Crippen LogP contribution in [0.2, 0.25) is 0 Å². The van der Waals surface area contributed by atoms with E-state index in [0.717, 1.165) is 19.4 Å². The van der Waals surface area contributed by atoms with Crippen LogP contribution in [-0.2, 0) is 14.3 Å². The van der Waals surface area contributed by atoms with E-state index in [4.69, 9.17) is 19.5 Å². The largest absolute Gasteiger partial charge is 0.491 e. The number of ether oxygens (including phenoxy) is 3. The normalized spacial score (nSPS) is 15.7. The molecule has 1 aliphatic rings. The number of nitrogens with one attached hydrogen (secondary N) is 1. The average Bonchev–Trinajstić information content (AvgIpc) is 3.36. The molecule has 8 heteroatoms. The minimum absolute atomic E-state index is 0.123. The van der Waals surface area contributed by atoms with Gasteiger partial charge in [0.2, 0.25) is 0 Å². The van der Waals surface area contributed by atoms with E-state index in [1.54, 1.807) is 35.7 Å². The first kappa shape index (κ1) is 18.9. The monoisotopic (exact) mass is 386 g/mol. The Balaban J connectivity index is 1.44. The van der Waals surface area contributed by atoms with Gasteiger partial charge in [0.25, 0.3) is 5.91 Å². The number of carbonyl (C=O) groups excluding carboxylic acids is 2. The highest BCUT2D eigenvalue weighted by Crippen LogP contribution is 2.22. The number of benzene rings is 1. The van der Waals surface area contributed by atoms with E-state index in [-0.39, 0.29) is 6.10 Å². The molecule has 0 radical (unpaired) electrons. The molecule has 27 heavy (non-hydrogen) atoms. The molecule has 0 aliphatic carbocycles. The van der Waals surface area contributed by atoms with Crippen molar-refractivity contribution in [2.24, 2.45) is 0 Å². The van der Waals surface area contributed by atoms with E-state index >= 15 is 0 Å². The molecule has 140 valence electrons. The van der Waals surface area contributed by atoms with Gasteiger partial charge >= 0.3 is 5.97 Å². The molecule has 0 saturated carbocycles. The van der Waals surface area contributed by atoms with Crippen LogP contribution in [0.3, 0.4) is 0 Å². The van der Waals surface area contributed by atoms with Crippen LogP contribution in [0.4, 0.5) is 5.00 Å². The van der Waals surface area contributed by atoms with Crippen LogP contribution >= 0.6 is 11.3 Å². The molecule has 0 unspecified atom stereocenters. The van der Waals surface area contributed by atoms with Crippen LogP contribution in [0.1, 0.15) is 28.8 Å². The van der Waals surface area contributed by atoms with Crippen molar-refractivity contribution >= 4 is 28.2 Å². The highest BCUT2D eigenvalue weighted by molar-refractivity contribution is 7.14. The third kappa shape index (κ3) is 5.29. The smallest absolute Gasteiger partial charge is 0.338 e. The fraction of sp³-hybridized carbons (Fsp3) is 0.316. The molecule has 3 rings (SSSR count). The predicted octanol–water partition coefficient (Wildman–Crippen LogP) is 2.97. The quantitative estimate of drug-likeness (QED) is 0.735. The summed E-state index contributed by atoms with van der Waals surface area (Å²) >= 11 is 1.23. The second kappa shape index (κ2) is 9.16. The third-order valence-electron chi connectivity index (χ3n) is 3.92. The Hall–Kier alpha value is -2.89. The summed E-state index contributed by atoms with van der Waals surface area (Å²) in [4.78, 5) is 23.9.